The molecule has 0 unspecified atom stereocenters. The van der Waals surface area contributed by atoms with E-state index < -0.39 is 13.2 Å². The van der Waals surface area contributed by atoms with Gasteiger partial charge in [0.25, 0.3) is 14.0 Å². The Morgan fingerprint density at radius 1 is 0.595 bits per heavy atom. The number of hydrogen-bond acceptors (Lipinski definition) is 8. The van der Waals surface area contributed by atoms with E-state index in [-0.39, 0.29) is 10.7 Å². The summed E-state index contributed by atoms with van der Waals surface area (Å²) in [5.74, 6) is 0.563. The molecule has 0 spiro atoms. The van der Waals surface area contributed by atoms with E-state index in [0.717, 1.165) is 0 Å². The first-order valence-corrected chi connectivity index (χ1v) is 16.2. The van der Waals surface area contributed by atoms with Crippen molar-refractivity contribution in [2.24, 2.45) is 0 Å². The number of nitrogens with zero attached hydrogens (tertiary/aromatic N) is 1. The van der Waals surface area contributed by atoms with Crippen molar-refractivity contribution in [3.63, 3.8) is 0 Å². The van der Waals surface area contributed by atoms with E-state index in [1.165, 1.54) is 22.5 Å². The molecule has 10 heteroatoms. The highest BCUT2D eigenvalue weighted by Gasteiger charge is 2.49. The van der Waals surface area contributed by atoms with Crippen LogP contribution in [0.15, 0.2) is 84.9 Å². The second-order valence-corrected chi connectivity index (χ2v) is 14.9. The fourth-order valence-corrected chi connectivity index (χ4v) is 9.20. The third-order valence-electron chi connectivity index (χ3n) is 6.62. The molecule has 0 aliphatic carbocycles. The number of non-ortho nitro benzene ring substituents is 1. The monoisotopic (exact) mass is 597 g/mol. The molecule has 0 aliphatic rings. The Hall–Kier alpha value is -3.12. The fraction of sp³-hybridized carbons (Fsp3) is 0.438. The molecule has 0 radical (unpaired) electrons. The van der Waals surface area contributed by atoms with Crippen molar-refractivity contribution in [3.05, 3.63) is 95.0 Å². The summed E-state index contributed by atoms with van der Waals surface area (Å²) in [6, 6.07) is 27.1. The first-order valence-electron chi connectivity index (χ1n) is 14.3. The molecule has 3 aromatic carbocycles. The fourth-order valence-electron chi connectivity index (χ4n) is 4.66. The molecule has 0 heterocycles. The van der Waals surface area contributed by atoms with Gasteiger partial charge in [-0.1, -0.05) is 81.4 Å². The van der Waals surface area contributed by atoms with Crippen LogP contribution < -0.4 is 15.1 Å². The van der Waals surface area contributed by atoms with E-state index in [9.17, 15) is 10.1 Å². The van der Waals surface area contributed by atoms with Gasteiger partial charge in [-0.2, -0.15) is 0 Å². The molecule has 0 N–H and O–H groups in total. The number of rotatable bonds is 20. The van der Waals surface area contributed by atoms with Crippen molar-refractivity contribution >= 4 is 24.4 Å². The van der Waals surface area contributed by atoms with E-state index in [4.69, 9.17) is 28.1 Å². The van der Waals surface area contributed by atoms with Crippen molar-refractivity contribution < 1.29 is 33.0 Å². The standard InChI is InChI=1S/C32H43NO8Si/c1-32(2,3)42(30-10-6-4-7-11-30,31-12-8-5-9-13-31)41-27-25-39-23-21-37-19-18-36-20-22-38-24-26-40-29-16-14-28(15-17-29)33(34)35/h4-17H,18-27H2,1-3H3. The molecular formula is C32H43NO8Si. The molecule has 0 aliphatic heterocycles. The highest BCUT2D eigenvalue weighted by molar-refractivity contribution is 6.99. The van der Waals surface area contributed by atoms with E-state index >= 15 is 0 Å². The van der Waals surface area contributed by atoms with Crippen LogP contribution in [0.3, 0.4) is 0 Å². The smallest absolute Gasteiger partial charge is 0.269 e. The van der Waals surface area contributed by atoms with E-state index in [0.29, 0.717) is 71.8 Å². The first-order chi connectivity index (χ1) is 20.3. The normalized spacial score (nSPS) is 11.9. The topological polar surface area (TPSA) is 98.5 Å². The van der Waals surface area contributed by atoms with Gasteiger partial charge in [-0.05, 0) is 27.5 Å². The molecule has 228 valence electrons. The molecule has 3 rings (SSSR count). The van der Waals surface area contributed by atoms with Gasteiger partial charge in [0, 0.05) is 12.1 Å². The van der Waals surface area contributed by atoms with Crippen LogP contribution in [0.25, 0.3) is 0 Å². The largest absolute Gasteiger partial charge is 0.491 e. The number of hydrogen-bond donors (Lipinski definition) is 0. The maximum atomic E-state index is 10.7. The molecule has 3 aromatic rings. The molecule has 0 aromatic heterocycles. The van der Waals surface area contributed by atoms with Gasteiger partial charge in [0.1, 0.15) is 12.4 Å². The third kappa shape index (κ3) is 10.3. The summed E-state index contributed by atoms with van der Waals surface area (Å²) in [5.41, 5.74) is 0.0315. The average Bonchev–Trinajstić information content (AvgIpc) is 2.99. The van der Waals surface area contributed by atoms with Crippen LogP contribution >= 0.6 is 0 Å². The molecule has 0 amide bonds. The van der Waals surface area contributed by atoms with Crippen molar-refractivity contribution in [3.8, 4) is 5.75 Å². The predicted molar refractivity (Wildman–Crippen MR) is 165 cm³/mol. The van der Waals surface area contributed by atoms with Gasteiger partial charge in [0.15, 0.2) is 0 Å². The minimum Gasteiger partial charge on any atom is -0.491 e. The molecule has 0 saturated carbocycles. The number of ether oxygens (including phenoxy) is 5. The minimum absolute atomic E-state index is 0.0315. The SMILES string of the molecule is CC(C)(C)[Si](OCCOCCOCCOCCOCCOc1ccc([N+](=O)[O-])cc1)(c1ccccc1)c1ccccc1. The van der Waals surface area contributed by atoms with Gasteiger partial charge < -0.3 is 28.1 Å². The Balaban J connectivity index is 1.23. The number of nitro groups is 1. The van der Waals surface area contributed by atoms with Crippen LogP contribution in [0, 0.1) is 10.1 Å². The molecule has 0 saturated heterocycles. The maximum absolute atomic E-state index is 10.7. The Bertz CT molecular complexity index is 1120. The summed E-state index contributed by atoms with van der Waals surface area (Å²) >= 11 is 0. The predicted octanol–water partition coefficient (Wildman–Crippen LogP) is 4.62. The van der Waals surface area contributed by atoms with Crippen molar-refractivity contribution in [1.29, 1.82) is 0 Å². The quantitative estimate of drug-likeness (QED) is 0.0806. The van der Waals surface area contributed by atoms with Crippen LogP contribution in [0.1, 0.15) is 20.8 Å². The number of benzene rings is 3. The summed E-state index contributed by atoms with van der Waals surface area (Å²) in [4.78, 5) is 10.2. The Morgan fingerprint density at radius 3 is 1.40 bits per heavy atom. The summed E-state index contributed by atoms with van der Waals surface area (Å²) in [6.45, 7) is 11.4. The zero-order chi connectivity index (χ0) is 30.1. The van der Waals surface area contributed by atoms with Gasteiger partial charge in [0.05, 0.1) is 64.4 Å². The van der Waals surface area contributed by atoms with Gasteiger partial charge in [-0.15, -0.1) is 0 Å². The summed E-state index contributed by atoms with van der Waals surface area (Å²) in [5, 5.41) is 13.1. The second-order valence-electron chi connectivity index (χ2n) is 10.6. The minimum atomic E-state index is -2.54. The van der Waals surface area contributed by atoms with Crippen molar-refractivity contribution in [2.75, 3.05) is 66.1 Å². The van der Waals surface area contributed by atoms with E-state index in [1.807, 2.05) is 12.1 Å². The zero-order valence-corrected chi connectivity index (χ0v) is 25.9. The van der Waals surface area contributed by atoms with Crippen LogP contribution in [0.5, 0.6) is 5.75 Å². The highest BCUT2D eigenvalue weighted by Crippen LogP contribution is 2.36. The average molecular weight is 598 g/mol. The zero-order valence-electron chi connectivity index (χ0n) is 24.9. The van der Waals surface area contributed by atoms with Crippen LogP contribution in [0.4, 0.5) is 5.69 Å². The van der Waals surface area contributed by atoms with Gasteiger partial charge >= 0.3 is 0 Å². The maximum Gasteiger partial charge on any atom is 0.269 e. The molecular weight excluding hydrogens is 554 g/mol. The van der Waals surface area contributed by atoms with Crippen molar-refractivity contribution in [2.45, 2.75) is 25.8 Å². The summed E-state index contributed by atoms with van der Waals surface area (Å²) in [7, 11) is -2.54. The van der Waals surface area contributed by atoms with E-state index in [1.54, 1.807) is 12.1 Å². The van der Waals surface area contributed by atoms with Crippen LogP contribution in [-0.2, 0) is 23.4 Å². The lowest BCUT2D eigenvalue weighted by Gasteiger charge is -2.43. The Kier molecular flexibility index (Phi) is 14.1. The molecule has 42 heavy (non-hydrogen) atoms. The molecule has 0 fully saturated rings. The lowest BCUT2D eigenvalue weighted by molar-refractivity contribution is -0.384. The lowest BCUT2D eigenvalue weighted by Crippen LogP contribution is -2.66. The van der Waals surface area contributed by atoms with Gasteiger partial charge in [0.2, 0.25) is 0 Å². The molecule has 0 atom stereocenters. The Labute approximate surface area is 249 Å². The third-order valence-corrected chi connectivity index (χ3v) is 11.7. The van der Waals surface area contributed by atoms with Crippen LogP contribution in [0.2, 0.25) is 5.04 Å². The van der Waals surface area contributed by atoms with Gasteiger partial charge in [-0.25, -0.2) is 0 Å². The number of nitro benzene ring substituents is 1. The van der Waals surface area contributed by atoms with Crippen molar-refractivity contribution in [1.82, 2.24) is 0 Å². The molecule has 9 nitrogen and oxygen atoms in total. The highest BCUT2D eigenvalue weighted by atomic mass is 28.4. The van der Waals surface area contributed by atoms with Gasteiger partial charge in [-0.3, -0.25) is 10.1 Å². The van der Waals surface area contributed by atoms with E-state index in [2.05, 4.69) is 69.3 Å². The van der Waals surface area contributed by atoms with Crippen LogP contribution in [-0.4, -0.2) is 79.3 Å². The summed E-state index contributed by atoms with van der Waals surface area (Å²) in [6.07, 6.45) is 0. The summed E-state index contributed by atoms with van der Waals surface area (Å²) < 4.78 is 34.7. The second kappa shape index (κ2) is 17.7. The molecule has 0 bridgehead atoms. The first kappa shape index (κ1) is 33.4. The Morgan fingerprint density at radius 2 is 1.00 bits per heavy atom. The lowest BCUT2D eigenvalue weighted by atomic mass is 10.2.